The molecule has 0 heterocycles. The highest BCUT2D eigenvalue weighted by Gasteiger charge is 2.24. The Morgan fingerprint density at radius 2 is 0.909 bits per heavy atom. The van der Waals surface area contributed by atoms with Crippen molar-refractivity contribution in [2.75, 3.05) is 0 Å². The molecule has 126 valence electrons. The lowest BCUT2D eigenvalue weighted by atomic mass is 9.98. The Hall–Kier alpha value is -1.72. The van der Waals surface area contributed by atoms with E-state index >= 15 is 0 Å². The van der Waals surface area contributed by atoms with Gasteiger partial charge in [0, 0.05) is 0 Å². The third-order valence-electron chi connectivity index (χ3n) is 3.71. The van der Waals surface area contributed by atoms with Crippen LogP contribution in [-0.4, -0.2) is 23.9 Å². The van der Waals surface area contributed by atoms with Crippen LogP contribution in [0.15, 0.2) is 0 Å². The zero-order valence-electron chi connectivity index (χ0n) is 14.2. The van der Waals surface area contributed by atoms with Gasteiger partial charge in [0.1, 0.15) is 0 Å². The van der Waals surface area contributed by atoms with Gasteiger partial charge in [-0.05, 0) is 11.8 Å². The van der Waals surface area contributed by atoms with Gasteiger partial charge in [0.25, 0.3) is 0 Å². The Labute approximate surface area is 131 Å². The molecule has 0 rings (SSSR count). The van der Waals surface area contributed by atoms with Crippen molar-refractivity contribution in [3.63, 3.8) is 0 Å². The van der Waals surface area contributed by atoms with Gasteiger partial charge in [0.05, 0.1) is 24.7 Å². The first-order valence-corrected chi connectivity index (χ1v) is 7.55. The number of esters is 4. The summed E-state index contributed by atoms with van der Waals surface area (Å²) < 4.78 is 9.29. The van der Waals surface area contributed by atoms with E-state index in [1.165, 1.54) is 0 Å². The molecule has 0 bridgehead atoms. The largest absolute Gasteiger partial charge is 0.393 e. The Kier molecular flexibility index (Phi) is 8.60. The van der Waals surface area contributed by atoms with Crippen LogP contribution in [0, 0.1) is 23.7 Å². The molecule has 0 radical (unpaired) electrons. The molecule has 0 aliphatic carbocycles. The summed E-state index contributed by atoms with van der Waals surface area (Å²) in [5, 5.41) is 0. The molecule has 0 aliphatic rings. The molecule has 0 aromatic heterocycles. The summed E-state index contributed by atoms with van der Waals surface area (Å²) >= 11 is 0. The summed E-state index contributed by atoms with van der Waals surface area (Å²) in [5.74, 6) is -3.50. The third-order valence-corrected chi connectivity index (χ3v) is 3.71. The molecule has 0 aliphatic heterocycles. The first-order valence-electron chi connectivity index (χ1n) is 7.55. The van der Waals surface area contributed by atoms with Crippen LogP contribution in [-0.2, 0) is 28.7 Å². The van der Waals surface area contributed by atoms with Crippen LogP contribution in [0.1, 0.15) is 54.4 Å². The van der Waals surface area contributed by atoms with Gasteiger partial charge in [-0.1, -0.05) is 41.5 Å². The van der Waals surface area contributed by atoms with E-state index < -0.39 is 35.7 Å². The van der Waals surface area contributed by atoms with Crippen molar-refractivity contribution in [1.29, 1.82) is 0 Å². The molecule has 0 spiro atoms. The quantitative estimate of drug-likeness (QED) is 0.530. The van der Waals surface area contributed by atoms with Crippen LogP contribution >= 0.6 is 0 Å². The minimum absolute atomic E-state index is 0.0559. The van der Waals surface area contributed by atoms with E-state index in [9.17, 15) is 19.2 Å². The average Bonchev–Trinajstić information content (AvgIpc) is 2.42. The van der Waals surface area contributed by atoms with Gasteiger partial charge in [-0.15, -0.1) is 0 Å². The second-order valence-corrected chi connectivity index (χ2v) is 6.15. The summed E-state index contributed by atoms with van der Waals surface area (Å²) in [4.78, 5) is 46.1. The van der Waals surface area contributed by atoms with E-state index in [1.807, 2.05) is 27.7 Å². The van der Waals surface area contributed by atoms with Crippen molar-refractivity contribution in [2.45, 2.75) is 54.4 Å². The summed E-state index contributed by atoms with van der Waals surface area (Å²) in [6.45, 7) is 10.7. The molecule has 2 atom stereocenters. The van der Waals surface area contributed by atoms with Crippen LogP contribution in [0.4, 0.5) is 0 Å². The molecule has 2 unspecified atom stereocenters. The maximum absolute atomic E-state index is 11.6. The summed E-state index contributed by atoms with van der Waals surface area (Å²) in [6, 6.07) is 0. The van der Waals surface area contributed by atoms with Gasteiger partial charge in [-0.3, -0.25) is 19.2 Å². The van der Waals surface area contributed by atoms with Crippen molar-refractivity contribution >= 4 is 23.9 Å². The average molecular weight is 314 g/mol. The molecule has 6 nitrogen and oxygen atoms in total. The SMILES string of the molecule is CC(C)C(C)C(=O)OC(=O)CCC(=O)OC(=O)C(C)C(C)C. The Morgan fingerprint density at radius 1 is 0.636 bits per heavy atom. The van der Waals surface area contributed by atoms with Crippen LogP contribution in [0.3, 0.4) is 0 Å². The molecule has 0 saturated carbocycles. The van der Waals surface area contributed by atoms with Crippen LogP contribution < -0.4 is 0 Å². The predicted molar refractivity (Wildman–Crippen MR) is 79.4 cm³/mol. The van der Waals surface area contributed by atoms with E-state index in [1.54, 1.807) is 13.8 Å². The number of carbonyl (C=O) groups is 4. The minimum atomic E-state index is -0.793. The number of hydrogen-bond donors (Lipinski definition) is 0. The maximum atomic E-state index is 11.6. The van der Waals surface area contributed by atoms with E-state index in [-0.39, 0.29) is 24.7 Å². The summed E-state index contributed by atoms with van der Waals surface area (Å²) in [5.41, 5.74) is 0. The lowest BCUT2D eigenvalue weighted by molar-refractivity contribution is -0.168. The van der Waals surface area contributed by atoms with Crippen molar-refractivity contribution < 1.29 is 28.7 Å². The third kappa shape index (κ3) is 7.33. The predicted octanol–water partition coefficient (Wildman–Crippen LogP) is 2.49. The fraction of sp³-hybridized carbons (Fsp3) is 0.750. The maximum Gasteiger partial charge on any atom is 0.316 e. The monoisotopic (exact) mass is 314 g/mol. The topological polar surface area (TPSA) is 86.7 Å². The van der Waals surface area contributed by atoms with E-state index in [0.717, 1.165) is 0 Å². The first kappa shape index (κ1) is 20.3. The molecule has 0 fully saturated rings. The lowest BCUT2D eigenvalue weighted by Crippen LogP contribution is -2.25. The summed E-state index contributed by atoms with van der Waals surface area (Å²) in [7, 11) is 0. The molecule has 0 aromatic rings. The molecule has 0 amide bonds. The zero-order chi connectivity index (χ0) is 17.4. The second-order valence-electron chi connectivity index (χ2n) is 6.15. The highest BCUT2D eigenvalue weighted by Crippen LogP contribution is 2.13. The normalized spacial score (nSPS) is 13.6. The molecule has 0 N–H and O–H groups in total. The van der Waals surface area contributed by atoms with Crippen molar-refractivity contribution in [3.05, 3.63) is 0 Å². The van der Waals surface area contributed by atoms with Gasteiger partial charge in [-0.25, -0.2) is 0 Å². The van der Waals surface area contributed by atoms with Gasteiger partial charge in [-0.2, -0.15) is 0 Å². The van der Waals surface area contributed by atoms with Crippen LogP contribution in [0.5, 0.6) is 0 Å². The van der Waals surface area contributed by atoms with Crippen molar-refractivity contribution in [2.24, 2.45) is 23.7 Å². The number of ether oxygens (including phenoxy) is 2. The Bertz CT molecular complexity index is 384. The number of rotatable bonds is 7. The number of carbonyl (C=O) groups excluding carboxylic acids is 4. The van der Waals surface area contributed by atoms with Gasteiger partial charge >= 0.3 is 23.9 Å². The second kappa shape index (κ2) is 9.33. The highest BCUT2D eigenvalue weighted by atomic mass is 16.6. The molecular weight excluding hydrogens is 288 g/mol. The minimum Gasteiger partial charge on any atom is -0.393 e. The molecule has 6 heteroatoms. The fourth-order valence-electron chi connectivity index (χ4n) is 1.26. The Balaban J connectivity index is 4.18. The standard InChI is InChI=1S/C16H26O6/c1-9(2)11(5)15(19)21-13(17)7-8-14(18)22-16(20)12(6)10(3)4/h9-12H,7-8H2,1-6H3. The smallest absolute Gasteiger partial charge is 0.316 e. The fourth-order valence-corrected chi connectivity index (χ4v) is 1.26. The Morgan fingerprint density at radius 3 is 1.14 bits per heavy atom. The van der Waals surface area contributed by atoms with Crippen molar-refractivity contribution in [1.82, 2.24) is 0 Å². The van der Waals surface area contributed by atoms with E-state index in [0.29, 0.717) is 0 Å². The zero-order valence-corrected chi connectivity index (χ0v) is 14.2. The van der Waals surface area contributed by atoms with Gasteiger partial charge in [0.2, 0.25) is 0 Å². The lowest BCUT2D eigenvalue weighted by Gasteiger charge is -2.14. The van der Waals surface area contributed by atoms with Gasteiger partial charge < -0.3 is 9.47 Å². The van der Waals surface area contributed by atoms with Gasteiger partial charge in [0.15, 0.2) is 0 Å². The molecular formula is C16H26O6. The summed E-state index contributed by atoms with van der Waals surface area (Å²) in [6.07, 6.45) is -0.586. The van der Waals surface area contributed by atoms with E-state index in [4.69, 9.17) is 0 Å². The molecule has 0 saturated heterocycles. The van der Waals surface area contributed by atoms with Crippen LogP contribution in [0.2, 0.25) is 0 Å². The van der Waals surface area contributed by atoms with Crippen LogP contribution in [0.25, 0.3) is 0 Å². The number of hydrogen-bond acceptors (Lipinski definition) is 6. The first-order chi connectivity index (χ1) is 10.1. The van der Waals surface area contributed by atoms with E-state index in [2.05, 4.69) is 9.47 Å². The molecule has 22 heavy (non-hydrogen) atoms. The van der Waals surface area contributed by atoms with Crippen molar-refractivity contribution in [3.8, 4) is 0 Å². The highest BCUT2D eigenvalue weighted by molar-refractivity contribution is 5.90. The molecule has 0 aromatic carbocycles.